The molecular weight excluding hydrogens is 450 g/mol. The summed E-state index contributed by atoms with van der Waals surface area (Å²) in [5.74, 6) is -0.301. The number of carbonyl (C=O) groups excluding carboxylic acids is 2. The number of rotatable bonds is 17. The second-order valence-corrected chi connectivity index (χ2v) is 10.2. The number of anilines is 1. The maximum Gasteiger partial charge on any atom is 0.261 e. The zero-order valence-electron chi connectivity index (χ0n) is 21.7. The van der Waals surface area contributed by atoms with Crippen molar-refractivity contribution in [2.75, 3.05) is 57.3 Å². The highest BCUT2D eigenvalue weighted by atomic mass is 16.2. The molecular formula is C29H43N5O2. The third-order valence-electron chi connectivity index (χ3n) is 7.47. The van der Waals surface area contributed by atoms with Gasteiger partial charge in [-0.1, -0.05) is 31.4 Å². The summed E-state index contributed by atoms with van der Waals surface area (Å²) in [6.45, 7) is 7.38. The fourth-order valence-electron chi connectivity index (χ4n) is 5.33. The smallest absolute Gasteiger partial charge is 0.261 e. The van der Waals surface area contributed by atoms with Crippen molar-refractivity contribution in [2.24, 2.45) is 11.5 Å². The van der Waals surface area contributed by atoms with Crippen LogP contribution in [-0.4, -0.2) is 74.0 Å². The Bertz CT molecular complexity index is 1000. The molecule has 0 radical (unpaired) electrons. The minimum Gasteiger partial charge on any atom is -0.367 e. The van der Waals surface area contributed by atoms with Crippen molar-refractivity contribution in [3.8, 4) is 0 Å². The molecule has 196 valence electrons. The van der Waals surface area contributed by atoms with E-state index in [-0.39, 0.29) is 11.8 Å². The average molecular weight is 494 g/mol. The first-order chi connectivity index (χ1) is 17.7. The van der Waals surface area contributed by atoms with Crippen LogP contribution in [0.4, 0.5) is 5.69 Å². The maximum absolute atomic E-state index is 13.3. The third kappa shape index (κ3) is 6.44. The van der Waals surface area contributed by atoms with Gasteiger partial charge in [0.25, 0.3) is 11.8 Å². The summed E-state index contributed by atoms with van der Waals surface area (Å²) in [6.07, 6.45) is 9.85. The molecule has 2 aliphatic rings. The van der Waals surface area contributed by atoms with Crippen LogP contribution in [0.3, 0.4) is 0 Å². The van der Waals surface area contributed by atoms with E-state index >= 15 is 0 Å². The lowest BCUT2D eigenvalue weighted by Crippen LogP contribution is -2.41. The molecule has 0 aliphatic carbocycles. The van der Waals surface area contributed by atoms with Crippen LogP contribution in [-0.2, 0) is 0 Å². The Balaban J connectivity index is 1.29. The number of unbranched alkanes of at least 4 members (excludes halogenated alkanes) is 6. The molecule has 0 spiro atoms. The lowest BCUT2D eigenvalue weighted by molar-refractivity contribution is 0.0607. The number of amides is 2. The Labute approximate surface area is 215 Å². The fourth-order valence-corrected chi connectivity index (χ4v) is 5.33. The second kappa shape index (κ2) is 13.2. The molecule has 1 saturated heterocycles. The SMILES string of the molecule is NCCCCCN(CCCCCN)CCCCCN1C(=O)c2cccc3c(N4CC4)ccc(c23)C1=O. The molecule has 36 heavy (non-hydrogen) atoms. The van der Waals surface area contributed by atoms with Crippen LogP contribution in [0.15, 0.2) is 30.3 Å². The Morgan fingerprint density at radius 1 is 0.694 bits per heavy atom. The molecule has 0 bridgehead atoms. The summed E-state index contributed by atoms with van der Waals surface area (Å²) in [4.78, 5) is 32.9. The first kappa shape index (κ1) is 26.6. The van der Waals surface area contributed by atoms with Gasteiger partial charge in [0.15, 0.2) is 0 Å². The largest absolute Gasteiger partial charge is 0.367 e. The quantitative estimate of drug-likeness (QED) is 0.197. The molecule has 0 aromatic heterocycles. The van der Waals surface area contributed by atoms with E-state index in [9.17, 15) is 9.59 Å². The normalized spacial score (nSPS) is 15.0. The Morgan fingerprint density at radius 3 is 1.86 bits per heavy atom. The van der Waals surface area contributed by atoms with Crippen LogP contribution in [0.2, 0.25) is 0 Å². The molecule has 7 heteroatoms. The molecule has 0 saturated carbocycles. The molecule has 0 atom stereocenters. The number of benzene rings is 2. The van der Waals surface area contributed by atoms with Crippen LogP contribution in [0.5, 0.6) is 0 Å². The molecule has 4 rings (SSSR count). The van der Waals surface area contributed by atoms with E-state index < -0.39 is 0 Å². The van der Waals surface area contributed by atoms with Crippen LogP contribution < -0.4 is 16.4 Å². The van der Waals surface area contributed by atoms with Gasteiger partial charge in [0, 0.05) is 47.2 Å². The molecule has 2 heterocycles. The van der Waals surface area contributed by atoms with E-state index in [1.807, 2.05) is 30.3 Å². The van der Waals surface area contributed by atoms with Gasteiger partial charge < -0.3 is 21.3 Å². The number of imide groups is 1. The van der Waals surface area contributed by atoms with Crippen molar-refractivity contribution < 1.29 is 9.59 Å². The first-order valence-electron chi connectivity index (χ1n) is 13.9. The standard InChI is InChI=1S/C29H43N5O2/c30-15-4-1-6-17-32(18-7-2-5-16-31)19-8-3-9-20-34-28(35)24-12-10-11-23-26(33-21-22-33)14-13-25(27(23)24)29(34)36/h10-14H,1-9,15-22,30-31H2. The van der Waals surface area contributed by atoms with Crippen molar-refractivity contribution in [3.63, 3.8) is 0 Å². The fraction of sp³-hybridized carbons (Fsp3) is 0.586. The predicted octanol–water partition coefficient (Wildman–Crippen LogP) is 3.99. The number of carbonyl (C=O) groups is 2. The van der Waals surface area contributed by atoms with Gasteiger partial charge in [-0.3, -0.25) is 14.5 Å². The van der Waals surface area contributed by atoms with Gasteiger partial charge in [-0.15, -0.1) is 0 Å². The van der Waals surface area contributed by atoms with Crippen LogP contribution in [0.25, 0.3) is 10.8 Å². The zero-order chi connectivity index (χ0) is 25.3. The van der Waals surface area contributed by atoms with E-state index in [0.29, 0.717) is 17.7 Å². The topological polar surface area (TPSA) is 95.7 Å². The van der Waals surface area contributed by atoms with Crippen LogP contribution in [0, 0.1) is 0 Å². The highest BCUT2D eigenvalue weighted by Crippen LogP contribution is 2.37. The van der Waals surface area contributed by atoms with Crippen molar-refractivity contribution in [2.45, 2.75) is 57.8 Å². The van der Waals surface area contributed by atoms with Gasteiger partial charge in [0.05, 0.1) is 0 Å². The molecule has 2 amide bonds. The molecule has 2 aromatic rings. The summed E-state index contributed by atoms with van der Waals surface area (Å²) < 4.78 is 0. The lowest BCUT2D eigenvalue weighted by atomic mass is 9.93. The van der Waals surface area contributed by atoms with E-state index in [1.165, 1.54) is 30.6 Å². The summed E-state index contributed by atoms with van der Waals surface area (Å²) in [5.41, 5.74) is 13.7. The van der Waals surface area contributed by atoms with Crippen molar-refractivity contribution in [3.05, 3.63) is 41.5 Å². The molecule has 2 aliphatic heterocycles. The second-order valence-electron chi connectivity index (χ2n) is 10.2. The first-order valence-corrected chi connectivity index (χ1v) is 13.9. The summed E-state index contributed by atoms with van der Waals surface area (Å²) in [7, 11) is 0. The van der Waals surface area contributed by atoms with Crippen LogP contribution >= 0.6 is 0 Å². The van der Waals surface area contributed by atoms with Crippen LogP contribution in [0.1, 0.15) is 78.5 Å². The minimum absolute atomic E-state index is 0.150. The molecule has 2 aromatic carbocycles. The Morgan fingerprint density at radius 2 is 1.28 bits per heavy atom. The van der Waals surface area contributed by atoms with Gasteiger partial charge >= 0.3 is 0 Å². The highest BCUT2D eigenvalue weighted by molar-refractivity contribution is 6.26. The van der Waals surface area contributed by atoms with Gasteiger partial charge in [-0.25, -0.2) is 0 Å². The third-order valence-corrected chi connectivity index (χ3v) is 7.47. The number of nitrogens with zero attached hydrogens (tertiary/aromatic N) is 3. The van der Waals surface area contributed by atoms with Crippen molar-refractivity contribution >= 4 is 28.3 Å². The monoisotopic (exact) mass is 493 g/mol. The Kier molecular flexibility index (Phi) is 9.73. The zero-order valence-corrected chi connectivity index (χ0v) is 21.7. The lowest BCUT2D eigenvalue weighted by Gasteiger charge is -2.28. The van der Waals surface area contributed by atoms with E-state index in [4.69, 9.17) is 11.5 Å². The number of hydrogen-bond donors (Lipinski definition) is 2. The summed E-state index contributed by atoms with van der Waals surface area (Å²) >= 11 is 0. The number of hydrogen-bond acceptors (Lipinski definition) is 6. The molecule has 1 fully saturated rings. The highest BCUT2D eigenvalue weighted by Gasteiger charge is 2.34. The van der Waals surface area contributed by atoms with E-state index in [1.54, 1.807) is 0 Å². The van der Waals surface area contributed by atoms with Crippen molar-refractivity contribution in [1.29, 1.82) is 0 Å². The predicted molar refractivity (Wildman–Crippen MR) is 148 cm³/mol. The van der Waals surface area contributed by atoms with Gasteiger partial charge in [-0.2, -0.15) is 0 Å². The van der Waals surface area contributed by atoms with Crippen molar-refractivity contribution in [1.82, 2.24) is 9.80 Å². The summed E-state index contributed by atoms with van der Waals surface area (Å²) in [6, 6.07) is 9.79. The van der Waals surface area contributed by atoms with E-state index in [0.717, 1.165) is 94.4 Å². The van der Waals surface area contributed by atoms with E-state index in [2.05, 4.69) is 9.80 Å². The molecule has 4 N–H and O–H groups in total. The summed E-state index contributed by atoms with van der Waals surface area (Å²) in [5, 5.41) is 1.84. The van der Waals surface area contributed by atoms with Gasteiger partial charge in [0.2, 0.25) is 0 Å². The average Bonchev–Trinajstić information content (AvgIpc) is 3.73. The minimum atomic E-state index is -0.150. The Hall–Kier alpha value is -2.48. The number of nitrogens with two attached hydrogens (primary N) is 2. The van der Waals surface area contributed by atoms with Gasteiger partial charge in [0.1, 0.15) is 0 Å². The maximum atomic E-state index is 13.3. The van der Waals surface area contributed by atoms with Gasteiger partial charge in [-0.05, 0) is 89.4 Å². The molecule has 7 nitrogen and oxygen atoms in total. The molecule has 0 unspecified atom stereocenters.